The number of carbonyl (C=O) groups excluding carboxylic acids is 1. The molecule has 0 radical (unpaired) electrons. The van der Waals surface area contributed by atoms with Gasteiger partial charge < -0.3 is 15.2 Å². The van der Waals surface area contributed by atoms with Crippen LogP contribution in [0.25, 0.3) is 0 Å². The molecular weight excluding hydrogens is 258 g/mol. The summed E-state index contributed by atoms with van der Waals surface area (Å²) in [5, 5.41) is 0. The summed E-state index contributed by atoms with van der Waals surface area (Å²) in [7, 11) is -1.70. The van der Waals surface area contributed by atoms with Crippen LogP contribution >= 0.6 is 0 Å². The summed E-state index contributed by atoms with van der Waals surface area (Å²) in [6, 6.07) is 4.47. The number of nitrogen functional groups attached to an aromatic ring is 1. The van der Waals surface area contributed by atoms with Crippen LogP contribution in [0.3, 0.4) is 0 Å². The Bertz CT molecular complexity index is 538. The van der Waals surface area contributed by atoms with Gasteiger partial charge in [-0.3, -0.25) is 0 Å². The van der Waals surface area contributed by atoms with Crippen molar-refractivity contribution in [1.29, 1.82) is 0 Å². The van der Waals surface area contributed by atoms with Crippen LogP contribution < -0.4 is 10.5 Å². The molecule has 0 aliphatic carbocycles. The van der Waals surface area contributed by atoms with E-state index in [1.54, 1.807) is 6.07 Å². The van der Waals surface area contributed by atoms with Gasteiger partial charge in [-0.25, -0.2) is 13.2 Å². The summed E-state index contributed by atoms with van der Waals surface area (Å²) < 4.78 is 31.5. The number of methoxy groups -OCH3 is 1. The largest absolute Gasteiger partial charge is 0.497 e. The van der Waals surface area contributed by atoms with E-state index in [4.69, 9.17) is 15.2 Å². The first-order chi connectivity index (χ1) is 8.31. The molecule has 0 aromatic heterocycles. The number of hydrogen-bond acceptors (Lipinski definition) is 6. The van der Waals surface area contributed by atoms with Gasteiger partial charge in [0.15, 0.2) is 9.84 Å². The molecule has 2 N–H and O–H groups in total. The molecule has 0 amide bonds. The van der Waals surface area contributed by atoms with E-state index in [2.05, 4.69) is 0 Å². The smallest absolute Gasteiger partial charge is 0.338 e. The first-order valence-corrected chi connectivity index (χ1v) is 7.17. The van der Waals surface area contributed by atoms with Crippen molar-refractivity contribution in [2.24, 2.45) is 0 Å². The number of esters is 1. The Labute approximate surface area is 106 Å². The van der Waals surface area contributed by atoms with E-state index in [-0.39, 0.29) is 17.9 Å². The summed E-state index contributed by atoms with van der Waals surface area (Å²) in [6.07, 6.45) is 1.07. The fraction of sp³-hybridized carbons (Fsp3) is 0.364. The predicted molar refractivity (Wildman–Crippen MR) is 67.4 cm³/mol. The van der Waals surface area contributed by atoms with Crippen LogP contribution in [0.15, 0.2) is 18.2 Å². The van der Waals surface area contributed by atoms with E-state index >= 15 is 0 Å². The van der Waals surface area contributed by atoms with Crippen molar-refractivity contribution >= 4 is 21.5 Å². The maximum absolute atomic E-state index is 11.6. The molecule has 0 fully saturated rings. The number of carbonyl (C=O) groups is 1. The molecule has 6 nitrogen and oxygen atoms in total. The summed E-state index contributed by atoms with van der Waals surface area (Å²) in [6.45, 7) is -0.186. The second-order valence-corrected chi connectivity index (χ2v) is 6.02. The van der Waals surface area contributed by atoms with E-state index in [1.165, 1.54) is 19.2 Å². The predicted octanol–water partition coefficient (Wildman–Crippen LogP) is 0.479. The minimum atomic E-state index is -3.15. The quantitative estimate of drug-likeness (QED) is 0.619. The normalized spacial score (nSPS) is 11.0. The average Bonchev–Trinajstić information content (AvgIpc) is 2.26. The standard InChI is InChI=1S/C11H15NO5S/c1-16-10-6-8(5-9(12)7-10)11(13)17-3-4-18(2,14)15/h5-7H,3-4,12H2,1-2H3. The topological polar surface area (TPSA) is 95.7 Å². The fourth-order valence-corrected chi connectivity index (χ4v) is 1.61. The minimum absolute atomic E-state index is 0.186. The Kier molecular flexibility index (Phi) is 4.55. The zero-order valence-corrected chi connectivity index (χ0v) is 11.0. The first-order valence-electron chi connectivity index (χ1n) is 5.11. The van der Waals surface area contributed by atoms with Crippen LogP contribution in [0.4, 0.5) is 5.69 Å². The highest BCUT2D eigenvalue weighted by atomic mass is 32.2. The van der Waals surface area contributed by atoms with Crippen molar-refractivity contribution in [2.45, 2.75) is 0 Å². The number of hydrogen-bond donors (Lipinski definition) is 1. The van der Waals surface area contributed by atoms with Crippen molar-refractivity contribution in [3.05, 3.63) is 23.8 Å². The number of nitrogens with two attached hydrogens (primary N) is 1. The average molecular weight is 273 g/mol. The third-order valence-corrected chi connectivity index (χ3v) is 3.00. The molecule has 0 atom stereocenters. The van der Waals surface area contributed by atoms with Gasteiger partial charge >= 0.3 is 5.97 Å². The second kappa shape index (κ2) is 5.72. The maximum Gasteiger partial charge on any atom is 0.338 e. The molecule has 0 unspecified atom stereocenters. The lowest BCUT2D eigenvalue weighted by Crippen LogP contribution is -2.14. The lowest BCUT2D eigenvalue weighted by Gasteiger charge is -2.07. The number of anilines is 1. The van der Waals surface area contributed by atoms with E-state index < -0.39 is 15.8 Å². The molecule has 0 aliphatic rings. The van der Waals surface area contributed by atoms with Crippen molar-refractivity contribution < 1.29 is 22.7 Å². The lowest BCUT2D eigenvalue weighted by molar-refractivity contribution is 0.0529. The van der Waals surface area contributed by atoms with Gasteiger partial charge in [-0.05, 0) is 12.1 Å². The fourth-order valence-electron chi connectivity index (χ4n) is 1.23. The van der Waals surface area contributed by atoms with E-state index in [1.807, 2.05) is 0 Å². The van der Waals surface area contributed by atoms with Gasteiger partial charge in [0.2, 0.25) is 0 Å². The summed E-state index contributed by atoms with van der Waals surface area (Å²) >= 11 is 0. The van der Waals surface area contributed by atoms with E-state index in [0.29, 0.717) is 11.4 Å². The molecule has 1 aromatic carbocycles. The molecule has 0 heterocycles. The minimum Gasteiger partial charge on any atom is -0.497 e. The number of benzene rings is 1. The monoisotopic (exact) mass is 273 g/mol. The number of rotatable bonds is 5. The number of sulfone groups is 1. The Morgan fingerprint density at radius 1 is 1.33 bits per heavy atom. The highest BCUT2D eigenvalue weighted by Gasteiger charge is 2.11. The number of ether oxygens (including phenoxy) is 2. The highest BCUT2D eigenvalue weighted by Crippen LogP contribution is 2.19. The molecule has 18 heavy (non-hydrogen) atoms. The molecular formula is C11H15NO5S. The highest BCUT2D eigenvalue weighted by molar-refractivity contribution is 7.90. The van der Waals surface area contributed by atoms with E-state index in [0.717, 1.165) is 6.26 Å². The zero-order valence-electron chi connectivity index (χ0n) is 10.2. The molecule has 0 spiro atoms. The van der Waals surface area contributed by atoms with E-state index in [9.17, 15) is 13.2 Å². The second-order valence-electron chi connectivity index (χ2n) is 3.76. The molecule has 1 rings (SSSR count). The molecule has 100 valence electrons. The van der Waals surface area contributed by atoms with Crippen LogP contribution in [0.2, 0.25) is 0 Å². The summed E-state index contributed by atoms with van der Waals surface area (Å²) in [5.41, 5.74) is 6.17. The van der Waals surface area contributed by atoms with Crippen LogP contribution in [-0.2, 0) is 14.6 Å². The van der Waals surface area contributed by atoms with Gasteiger partial charge in [0.1, 0.15) is 12.4 Å². The van der Waals surface area contributed by atoms with Crippen LogP contribution in [0.1, 0.15) is 10.4 Å². The van der Waals surface area contributed by atoms with Crippen molar-refractivity contribution in [3.8, 4) is 5.75 Å². The summed E-state index contributed by atoms with van der Waals surface area (Å²) in [5.74, 6) is -0.410. The Morgan fingerprint density at radius 3 is 2.56 bits per heavy atom. The third-order valence-electron chi connectivity index (χ3n) is 2.09. The van der Waals surface area contributed by atoms with Crippen molar-refractivity contribution in [1.82, 2.24) is 0 Å². The van der Waals surface area contributed by atoms with Gasteiger partial charge in [0.05, 0.1) is 18.4 Å². The maximum atomic E-state index is 11.6. The molecule has 0 saturated heterocycles. The van der Waals surface area contributed by atoms with Crippen LogP contribution in [-0.4, -0.2) is 40.1 Å². The lowest BCUT2D eigenvalue weighted by atomic mass is 10.2. The third kappa shape index (κ3) is 4.62. The van der Waals surface area contributed by atoms with Crippen molar-refractivity contribution in [2.75, 3.05) is 31.5 Å². The Hall–Kier alpha value is -1.76. The van der Waals surface area contributed by atoms with Crippen molar-refractivity contribution in [3.63, 3.8) is 0 Å². The SMILES string of the molecule is COc1cc(N)cc(C(=O)OCCS(C)(=O)=O)c1. The van der Waals surface area contributed by atoms with Gasteiger partial charge in [-0.15, -0.1) is 0 Å². The zero-order chi connectivity index (χ0) is 13.8. The molecule has 7 heteroatoms. The molecule has 0 aliphatic heterocycles. The van der Waals surface area contributed by atoms with Gasteiger partial charge in [-0.2, -0.15) is 0 Å². The Morgan fingerprint density at radius 2 is 2.00 bits per heavy atom. The van der Waals surface area contributed by atoms with Crippen LogP contribution in [0, 0.1) is 0 Å². The molecule has 1 aromatic rings. The molecule has 0 bridgehead atoms. The van der Waals surface area contributed by atoms with Gasteiger partial charge in [0.25, 0.3) is 0 Å². The van der Waals surface area contributed by atoms with Gasteiger partial charge in [0, 0.05) is 18.0 Å². The van der Waals surface area contributed by atoms with Crippen LogP contribution in [0.5, 0.6) is 5.75 Å². The first kappa shape index (κ1) is 14.3. The Balaban J connectivity index is 2.69. The van der Waals surface area contributed by atoms with Gasteiger partial charge in [-0.1, -0.05) is 0 Å². The summed E-state index contributed by atoms with van der Waals surface area (Å²) in [4.78, 5) is 11.6. The molecule has 0 saturated carbocycles.